The van der Waals surface area contributed by atoms with Gasteiger partial charge in [0.1, 0.15) is 0 Å². The normalized spacial score (nSPS) is 22.5. The molecule has 110 valence electrons. The molecule has 1 aliphatic carbocycles. The second kappa shape index (κ2) is 7.41. The molecule has 0 amide bonds. The highest BCUT2D eigenvalue weighted by molar-refractivity contribution is 5.25. The summed E-state index contributed by atoms with van der Waals surface area (Å²) in [5.41, 5.74) is 0. The van der Waals surface area contributed by atoms with E-state index in [-0.39, 0.29) is 5.75 Å². The number of halogens is 2. The van der Waals surface area contributed by atoms with Gasteiger partial charge in [-0.3, -0.25) is 0 Å². The molecule has 0 atom stereocenters. The summed E-state index contributed by atoms with van der Waals surface area (Å²) in [6.07, 6.45) is 8.90. The van der Waals surface area contributed by atoms with E-state index in [1.54, 1.807) is 0 Å². The molecule has 1 fully saturated rings. The molecule has 0 aromatic heterocycles. The minimum Gasteiger partial charge on any atom is -0.490 e. The maximum absolute atomic E-state index is 13.4. The Morgan fingerprint density at radius 1 is 1.15 bits per heavy atom. The molecule has 0 radical (unpaired) electrons. The Labute approximate surface area is 119 Å². The van der Waals surface area contributed by atoms with Gasteiger partial charge in [0.25, 0.3) is 0 Å². The molecule has 0 bridgehead atoms. The third-order valence-electron chi connectivity index (χ3n) is 4.14. The predicted octanol–water partition coefficient (Wildman–Crippen LogP) is 5.12. The Hall–Kier alpha value is -1.38. The zero-order valence-corrected chi connectivity index (χ0v) is 11.8. The maximum Gasteiger partial charge on any atom is 0.200 e. The average Bonchev–Trinajstić information content (AvgIpc) is 2.48. The number of allylic oxidation sites excluding steroid dienone is 1. The van der Waals surface area contributed by atoms with E-state index in [0.717, 1.165) is 31.2 Å². The predicted molar refractivity (Wildman–Crippen MR) is 76.7 cm³/mol. The summed E-state index contributed by atoms with van der Waals surface area (Å²) in [4.78, 5) is 0. The van der Waals surface area contributed by atoms with Crippen molar-refractivity contribution in [1.29, 1.82) is 0 Å². The Morgan fingerprint density at radius 2 is 1.85 bits per heavy atom. The molecule has 0 aliphatic heterocycles. The SMILES string of the molecule is C=CCCC1CCC(COc2cccc(F)c2F)CC1. The van der Waals surface area contributed by atoms with E-state index in [0.29, 0.717) is 12.5 Å². The molecule has 1 aliphatic rings. The minimum absolute atomic E-state index is 0.0266. The van der Waals surface area contributed by atoms with Crippen LogP contribution in [0.3, 0.4) is 0 Å². The summed E-state index contributed by atoms with van der Waals surface area (Å²) in [6, 6.07) is 4.06. The fraction of sp³-hybridized carbons (Fsp3) is 0.529. The molecule has 0 heterocycles. The largest absolute Gasteiger partial charge is 0.490 e. The van der Waals surface area contributed by atoms with Crippen molar-refractivity contribution in [2.75, 3.05) is 6.61 Å². The van der Waals surface area contributed by atoms with Crippen molar-refractivity contribution in [1.82, 2.24) is 0 Å². The van der Waals surface area contributed by atoms with Crippen LogP contribution in [0.25, 0.3) is 0 Å². The lowest BCUT2D eigenvalue weighted by molar-refractivity contribution is 0.174. The van der Waals surface area contributed by atoms with Gasteiger partial charge in [0.05, 0.1) is 6.61 Å². The van der Waals surface area contributed by atoms with E-state index in [1.165, 1.54) is 31.4 Å². The van der Waals surface area contributed by atoms with Crippen molar-refractivity contribution in [3.8, 4) is 5.75 Å². The summed E-state index contributed by atoms with van der Waals surface area (Å²) in [7, 11) is 0. The van der Waals surface area contributed by atoms with Crippen molar-refractivity contribution in [2.24, 2.45) is 11.8 Å². The van der Waals surface area contributed by atoms with Crippen LogP contribution < -0.4 is 4.74 Å². The summed E-state index contributed by atoms with van der Waals surface area (Å²) < 4.78 is 31.9. The fourth-order valence-electron chi connectivity index (χ4n) is 2.84. The summed E-state index contributed by atoms with van der Waals surface area (Å²) in [5.74, 6) is -0.464. The molecule has 1 aromatic rings. The van der Waals surface area contributed by atoms with Gasteiger partial charge < -0.3 is 4.74 Å². The molecule has 1 aromatic carbocycles. The van der Waals surface area contributed by atoms with E-state index in [2.05, 4.69) is 6.58 Å². The molecular weight excluding hydrogens is 258 g/mol. The first-order valence-corrected chi connectivity index (χ1v) is 7.38. The van der Waals surface area contributed by atoms with Crippen LogP contribution in [0, 0.1) is 23.5 Å². The topological polar surface area (TPSA) is 9.23 Å². The van der Waals surface area contributed by atoms with E-state index in [1.807, 2.05) is 6.08 Å². The van der Waals surface area contributed by atoms with Crippen molar-refractivity contribution >= 4 is 0 Å². The van der Waals surface area contributed by atoms with Crippen LogP contribution in [-0.4, -0.2) is 6.61 Å². The Bertz CT molecular complexity index is 437. The van der Waals surface area contributed by atoms with E-state index >= 15 is 0 Å². The molecular formula is C17H22F2O. The van der Waals surface area contributed by atoms with Gasteiger partial charge in [-0.25, -0.2) is 4.39 Å². The van der Waals surface area contributed by atoms with E-state index in [9.17, 15) is 8.78 Å². The Balaban J connectivity index is 1.76. The highest BCUT2D eigenvalue weighted by Crippen LogP contribution is 2.32. The van der Waals surface area contributed by atoms with Crippen molar-refractivity contribution in [3.05, 3.63) is 42.5 Å². The monoisotopic (exact) mass is 280 g/mol. The zero-order valence-electron chi connectivity index (χ0n) is 11.8. The molecule has 0 saturated heterocycles. The average molecular weight is 280 g/mol. The van der Waals surface area contributed by atoms with Gasteiger partial charge in [-0.2, -0.15) is 4.39 Å². The Morgan fingerprint density at radius 3 is 2.55 bits per heavy atom. The van der Waals surface area contributed by atoms with Crippen LogP contribution in [-0.2, 0) is 0 Å². The second-order valence-corrected chi connectivity index (χ2v) is 5.62. The van der Waals surface area contributed by atoms with Crippen molar-refractivity contribution < 1.29 is 13.5 Å². The molecule has 1 nitrogen and oxygen atoms in total. The zero-order chi connectivity index (χ0) is 14.4. The highest BCUT2D eigenvalue weighted by Gasteiger charge is 2.21. The number of rotatable bonds is 6. The van der Waals surface area contributed by atoms with Crippen LogP contribution in [0.1, 0.15) is 38.5 Å². The molecule has 0 N–H and O–H groups in total. The number of ether oxygens (including phenoxy) is 1. The quantitative estimate of drug-likeness (QED) is 0.657. The third kappa shape index (κ3) is 4.06. The van der Waals surface area contributed by atoms with Crippen LogP contribution in [0.15, 0.2) is 30.9 Å². The molecule has 3 heteroatoms. The van der Waals surface area contributed by atoms with Crippen LogP contribution in [0.2, 0.25) is 0 Å². The molecule has 20 heavy (non-hydrogen) atoms. The maximum atomic E-state index is 13.4. The first-order valence-electron chi connectivity index (χ1n) is 7.38. The van der Waals surface area contributed by atoms with Gasteiger partial charge in [0.2, 0.25) is 5.82 Å². The van der Waals surface area contributed by atoms with Crippen LogP contribution in [0.4, 0.5) is 8.78 Å². The van der Waals surface area contributed by atoms with Gasteiger partial charge in [0.15, 0.2) is 11.6 Å². The molecule has 2 rings (SSSR count). The lowest BCUT2D eigenvalue weighted by Crippen LogP contribution is -2.20. The smallest absolute Gasteiger partial charge is 0.200 e. The van der Waals surface area contributed by atoms with Crippen molar-refractivity contribution in [3.63, 3.8) is 0 Å². The number of hydrogen-bond acceptors (Lipinski definition) is 1. The summed E-state index contributed by atoms with van der Waals surface area (Å²) >= 11 is 0. The fourth-order valence-corrected chi connectivity index (χ4v) is 2.84. The van der Waals surface area contributed by atoms with Gasteiger partial charge in [-0.15, -0.1) is 6.58 Å². The molecule has 1 saturated carbocycles. The van der Waals surface area contributed by atoms with Gasteiger partial charge in [-0.05, 0) is 49.7 Å². The Kier molecular flexibility index (Phi) is 5.57. The lowest BCUT2D eigenvalue weighted by atomic mass is 9.80. The van der Waals surface area contributed by atoms with E-state index in [4.69, 9.17) is 4.74 Å². The van der Waals surface area contributed by atoms with Crippen LogP contribution >= 0.6 is 0 Å². The van der Waals surface area contributed by atoms with Gasteiger partial charge in [0, 0.05) is 0 Å². The van der Waals surface area contributed by atoms with E-state index < -0.39 is 11.6 Å². The third-order valence-corrected chi connectivity index (χ3v) is 4.14. The number of benzene rings is 1. The first-order chi connectivity index (χ1) is 9.70. The van der Waals surface area contributed by atoms with Gasteiger partial charge in [-0.1, -0.05) is 25.0 Å². The minimum atomic E-state index is -0.882. The highest BCUT2D eigenvalue weighted by atomic mass is 19.2. The summed E-state index contributed by atoms with van der Waals surface area (Å²) in [5, 5.41) is 0. The first kappa shape index (κ1) is 15.0. The van der Waals surface area contributed by atoms with Crippen molar-refractivity contribution in [2.45, 2.75) is 38.5 Å². The van der Waals surface area contributed by atoms with Crippen LogP contribution in [0.5, 0.6) is 5.75 Å². The summed E-state index contributed by atoms with van der Waals surface area (Å²) in [6.45, 7) is 4.23. The standard InChI is InChI=1S/C17H22F2O/c1-2-3-5-13-8-10-14(11-9-13)12-20-16-7-4-6-15(18)17(16)19/h2,4,6-7,13-14H,1,3,5,8-12H2. The molecule has 0 spiro atoms. The molecule has 0 unspecified atom stereocenters. The van der Waals surface area contributed by atoms with Gasteiger partial charge >= 0.3 is 0 Å². The lowest BCUT2D eigenvalue weighted by Gasteiger charge is -2.28. The number of hydrogen-bond donors (Lipinski definition) is 0. The second-order valence-electron chi connectivity index (χ2n) is 5.62.